The quantitative estimate of drug-likeness (QED) is 0.370. The molecule has 23 heavy (non-hydrogen) atoms. The molecule has 0 saturated carbocycles. The van der Waals surface area contributed by atoms with Gasteiger partial charge in [0.2, 0.25) is 0 Å². The largest absolute Gasteiger partial charge is 0.530 e. The summed E-state index contributed by atoms with van der Waals surface area (Å²) < 4.78 is 28.8. The first-order valence-electron chi connectivity index (χ1n) is 7.57. The maximum atomic E-state index is 12.7. The van der Waals surface area contributed by atoms with Gasteiger partial charge in [-0.1, -0.05) is 60.7 Å². The van der Waals surface area contributed by atoms with Gasteiger partial charge in [-0.2, -0.15) is 0 Å². The van der Waals surface area contributed by atoms with Crippen LogP contribution in [0.25, 0.3) is 11.8 Å². The Hall–Kier alpha value is -1.87. The van der Waals surface area contributed by atoms with Crippen LogP contribution in [0.2, 0.25) is 0 Å². The molecule has 0 aromatic heterocycles. The molecule has 5 heteroatoms. The van der Waals surface area contributed by atoms with Gasteiger partial charge in [-0.05, 0) is 25.5 Å². The van der Waals surface area contributed by atoms with E-state index in [4.69, 9.17) is 13.6 Å². The van der Waals surface area contributed by atoms with E-state index in [0.717, 1.165) is 11.1 Å². The maximum absolute atomic E-state index is 12.7. The van der Waals surface area contributed by atoms with Crippen molar-refractivity contribution in [1.29, 1.82) is 0 Å². The normalized spacial score (nSPS) is 12.2. The van der Waals surface area contributed by atoms with E-state index in [0.29, 0.717) is 5.76 Å². The van der Waals surface area contributed by atoms with Crippen LogP contribution in [0.3, 0.4) is 0 Å². The first-order chi connectivity index (χ1) is 11.2. The summed E-state index contributed by atoms with van der Waals surface area (Å²) in [5.74, 6) is 0.446. The van der Waals surface area contributed by atoms with Crippen LogP contribution in [0.1, 0.15) is 25.0 Å². The summed E-state index contributed by atoms with van der Waals surface area (Å²) in [5, 5.41) is 0. The van der Waals surface area contributed by atoms with Gasteiger partial charge in [-0.3, -0.25) is 9.05 Å². The highest BCUT2D eigenvalue weighted by atomic mass is 31.2. The second-order valence-electron chi connectivity index (χ2n) is 4.66. The predicted molar refractivity (Wildman–Crippen MR) is 92.7 cm³/mol. The number of hydrogen-bond acceptors (Lipinski definition) is 4. The van der Waals surface area contributed by atoms with E-state index in [1.807, 2.05) is 66.7 Å². The summed E-state index contributed by atoms with van der Waals surface area (Å²) in [4.78, 5) is 0. The molecular formula is C18H21O4P. The number of phosphoric acid groups is 1. The van der Waals surface area contributed by atoms with Crippen LogP contribution in [0.15, 0.2) is 60.7 Å². The van der Waals surface area contributed by atoms with Crippen molar-refractivity contribution in [2.24, 2.45) is 0 Å². The Morgan fingerprint density at radius 1 is 0.913 bits per heavy atom. The molecule has 0 N–H and O–H groups in total. The lowest BCUT2D eigenvalue weighted by molar-refractivity contribution is 0.160. The van der Waals surface area contributed by atoms with Gasteiger partial charge in [0.1, 0.15) is 5.76 Å². The fraction of sp³-hybridized carbons (Fsp3) is 0.222. The first kappa shape index (κ1) is 17.5. The second kappa shape index (κ2) is 8.68. The van der Waals surface area contributed by atoms with Crippen molar-refractivity contribution in [3.05, 3.63) is 71.8 Å². The predicted octanol–water partition coefficient (Wildman–Crippen LogP) is 5.38. The fourth-order valence-electron chi connectivity index (χ4n) is 1.99. The van der Waals surface area contributed by atoms with Gasteiger partial charge < -0.3 is 4.52 Å². The number of benzene rings is 2. The van der Waals surface area contributed by atoms with Crippen molar-refractivity contribution in [3.8, 4) is 0 Å². The molecule has 0 aliphatic carbocycles. The molecule has 0 fully saturated rings. The molecule has 0 spiro atoms. The molecule has 2 rings (SSSR count). The third-order valence-corrected chi connectivity index (χ3v) is 4.51. The Morgan fingerprint density at radius 2 is 1.43 bits per heavy atom. The van der Waals surface area contributed by atoms with E-state index < -0.39 is 7.82 Å². The second-order valence-corrected chi connectivity index (χ2v) is 6.25. The Bertz CT molecular complexity index is 658. The van der Waals surface area contributed by atoms with Gasteiger partial charge >= 0.3 is 7.82 Å². The minimum Gasteiger partial charge on any atom is -0.403 e. The lowest BCUT2D eigenvalue weighted by atomic mass is 10.1. The highest BCUT2D eigenvalue weighted by Crippen LogP contribution is 2.53. The van der Waals surface area contributed by atoms with Crippen molar-refractivity contribution in [2.75, 3.05) is 13.2 Å². The van der Waals surface area contributed by atoms with Crippen molar-refractivity contribution < 1.29 is 18.1 Å². The third-order valence-electron chi connectivity index (χ3n) is 2.94. The molecule has 0 aliphatic heterocycles. The summed E-state index contributed by atoms with van der Waals surface area (Å²) in [7, 11) is -3.65. The summed E-state index contributed by atoms with van der Waals surface area (Å²) in [6.45, 7) is 3.98. The molecule has 0 heterocycles. The van der Waals surface area contributed by atoms with Crippen LogP contribution in [-0.4, -0.2) is 13.2 Å². The SMILES string of the molecule is CCOP(=O)(OCC)O/C(=C/c1ccccc1)c1ccccc1. The van der Waals surface area contributed by atoms with Crippen molar-refractivity contribution in [2.45, 2.75) is 13.8 Å². The number of phosphoric ester groups is 1. The zero-order chi connectivity index (χ0) is 16.5. The third kappa shape index (κ3) is 5.36. The summed E-state index contributed by atoms with van der Waals surface area (Å²) in [6.07, 6.45) is 1.82. The molecule has 122 valence electrons. The lowest BCUT2D eigenvalue weighted by Crippen LogP contribution is -2.00. The Balaban J connectivity index is 2.38. The van der Waals surface area contributed by atoms with Crippen LogP contribution in [-0.2, 0) is 18.1 Å². The average molecular weight is 332 g/mol. The fourth-order valence-corrected chi connectivity index (χ4v) is 3.20. The Labute approximate surface area is 137 Å². The van der Waals surface area contributed by atoms with Crippen molar-refractivity contribution in [3.63, 3.8) is 0 Å². The summed E-state index contributed by atoms with van der Waals surface area (Å²) in [5.41, 5.74) is 1.74. The zero-order valence-electron chi connectivity index (χ0n) is 13.3. The molecule has 2 aromatic carbocycles. The van der Waals surface area contributed by atoms with E-state index in [9.17, 15) is 4.57 Å². The number of hydrogen-bond donors (Lipinski definition) is 0. The minimum absolute atomic E-state index is 0.241. The summed E-state index contributed by atoms with van der Waals surface area (Å²) in [6, 6.07) is 19.1. The molecule has 4 nitrogen and oxygen atoms in total. The maximum Gasteiger partial charge on any atom is 0.530 e. The first-order valence-corrected chi connectivity index (χ1v) is 9.04. The van der Waals surface area contributed by atoms with Gasteiger partial charge in [0, 0.05) is 5.56 Å². The molecular weight excluding hydrogens is 311 g/mol. The van der Waals surface area contributed by atoms with Crippen molar-refractivity contribution in [1.82, 2.24) is 0 Å². The molecule has 0 saturated heterocycles. The zero-order valence-corrected chi connectivity index (χ0v) is 14.2. The number of rotatable bonds is 8. The van der Waals surface area contributed by atoms with Crippen LogP contribution in [0.4, 0.5) is 0 Å². The van der Waals surface area contributed by atoms with E-state index in [-0.39, 0.29) is 13.2 Å². The average Bonchev–Trinajstić information content (AvgIpc) is 2.56. The smallest absolute Gasteiger partial charge is 0.403 e. The van der Waals surface area contributed by atoms with Gasteiger partial charge in [0.05, 0.1) is 13.2 Å². The van der Waals surface area contributed by atoms with Gasteiger partial charge in [0.25, 0.3) is 0 Å². The summed E-state index contributed by atoms with van der Waals surface area (Å²) >= 11 is 0. The van der Waals surface area contributed by atoms with Crippen LogP contribution >= 0.6 is 7.82 Å². The minimum atomic E-state index is -3.65. The van der Waals surface area contributed by atoms with E-state index in [2.05, 4.69) is 0 Å². The van der Waals surface area contributed by atoms with Crippen molar-refractivity contribution >= 4 is 19.7 Å². The lowest BCUT2D eigenvalue weighted by Gasteiger charge is -2.19. The van der Waals surface area contributed by atoms with Crippen LogP contribution < -0.4 is 0 Å². The highest BCUT2D eigenvalue weighted by molar-refractivity contribution is 7.48. The van der Waals surface area contributed by atoms with E-state index in [1.165, 1.54) is 0 Å². The topological polar surface area (TPSA) is 44.8 Å². The molecule has 2 aromatic rings. The molecule has 0 amide bonds. The highest BCUT2D eigenvalue weighted by Gasteiger charge is 2.28. The molecule has 0 bridgehead atoms. The molecule has 0 radical (unpaired) electrons. The van der Waals surface area contributed by atoms with Gasteiger partial charge in [-0.15, -0.1) is 0 Å². The Morgan fingerprint density at radius 3 is 1.96 bits per heavy atom. The van der Waals surface area contributed by atoms with Crippen LogP contribution in [0, 0.1) is 0 Å². The van der Waals surface area contributed by atoms with Crippen LogP contribution in [0.5, 0.6) is 0 Å². The van der Waals surface area contributed by atoms with Gasteiger partial charge in [-0.25, -0.2) is 4.57 Å². The van der Waals surface area contributed by atoms with Gasteiger partial charge in [0.15, 0.2) is 0 Å². The standard InChI is InChI=1S/C18H21O4P/c1-3-20-23(19,21-4-2)22-18(17-13-9-6-10-14-17)15-16-11-7-5-8-12-16/h5-15H,3-4H2,1-2H3/b18-15+. The monoisotopic (exact) mass is 332 g/mol. The molecule has 0 aliphatic rings. The Kier molecular flexibility index (Phi) is 6.60. The molecule has 0 atom stereocenters. The van der Waals surface area contributed by atoms with E-state index in [1.54, 1.807) is 13.8 Å². The van der Waals surface area contributed by atoms with E-state index >= 15 is 0 Å². The molecule has 0 unspecified atom stereocenters.